The average molecular weight is 409 g/mol. The third-order valence-corrected chi connectivity index (χ3v) is 7.92. The van der Waals surface area contributed by atoms with E-state index in [0.29, 0.717) is 36.0 Å². The van der Waals surface area contributed by atoms with Gasteiger partial charge in [-0.05, 0) is 74.0 Å². The first-order valence-corrected chi connectivity index (χ1v) is 11.9. The molecule has 29 heavy (non-hydrogen) atoms. The van der Waals surface area contributed by atoms with E-state index in [2.05, 4.69) is 41.5 Å². The minimum Gasteiger partial charge on any atom is -0.481 e. The van der Waals surface area contributed by atoms with E-state index in [9.17, 15) is 14.7 Å². The van der Waals surface area contributed by atoms with Gasteiger partial charge >= 0.3 is 11.9 Å². The van der Waals surface area contributed by atoms with E-state index in [4.69, 9.17) is 4.74 Å². The topological polar surface area (TPSA) is 63.6 Å². The van der Waals surface area contributed by atoms with Crippen molar-refractivity contribution >= 4 is 11.9 Å². The monoisotopic (exact) mass is 408 g/mol. The second-order valence-corrected chi connectivity index (χ2v) is 11.2. The predicted molar refractivity (Wildman–Crippen MR) is 116 cm³/mol. The lowest BCUT2D eigenvalue weighted by Crippen LogP contribution is -2.39. The summed E-state index contributed by atoms with van der Waals surface area (Å²) < 4.78 is 6.15. The molecule has 0 bridgehead atoms. The molecule has 4 nitrogen and oxygen atoms in total. The highest BCUT2D eigenvalue weighted by Crippen LogP contribution is 2.43. The van der Waals surface area contributed by atoms with Crippen molar-refractivity contribution < 1.29 is 19.4 Å². The molecule has 2 aliphatic carbocycles. The lowest BCUT2D eigenvalue weighted by atomic mass is 9.68. The van der Waals surface area contributed by atoms with Gasteiger partial charge in [0.25, 0.3) is 0 Å². The Morgan fingerprint density at radius 1 is 0.931 bits per heavy atom. The maximum absolute atomic E-state index is 13.1. The zero-order valence-electron chi connectivity index (χ0n) is 19.6. The molecule has 2 fully saturated rings. The third-order valence-electron chi connectivity index (χ3n) is 7.92. The van der Waals surface area contributed by atoms with Crippen LogP contribution in [0, 0.1) is 40.9 Å². The van der Waals surface area contributed by atoms with Crippen molar-refractivity contribution in [3.63, 3.8) is 0 Å². The van der Waals surface area contributed by atoms with Gasteiger partial charge in [0.2, 0.25) is 0 Å². The molecule has 0 heterocycles. The minimum absolute atomic E-state index is 0.0720. The van der Waals surface area contributed by atoms with E-state index < -0.39 is 17.8 Å². The number of ether oxygens (including phenoxy) is 1. The van der Waals surface area contributed by atoms with Gasteiger partial charge in [0.15, 0.2) is 0 Å². The van der Waals surface area contributed by atoms with E-state index in [-0.39, 0.29) is 12.1 Å². The summed E-state index contributed by atoms with van der Waals surface area (Å²) in [4.78, 5) is 24.7. The van der Waals surface area contributed by atoms with Gasteiger partial charge in [0.05, 0.1) is 11.8 Å². The van der Waals surface area contributed by atoms with Gasteiger partial charge in [0, 0.05) is 0 Å². The normalized spacial score (nSPS) is 30.6. The molecule has 168 valence electrons. The Morgan fingerprint density at radius 2 is 1.48 bits per heavy atom. The molecule has 0 radical (unpaired) electrons. The number of rotatable bonds is 7. The van der Waals surface area contributed by atoms with Gasteiger partial charge < -0.3 is 9.84 Å². The lowest BCUT2D eigenvalue weighted by molar-refractivity contribution is -0.167. The quantitative estimate of drug-likeness (QED) is 0.500. The molecule has 4 unspecified atom stereocenters. The van der Waals surface area contributed by atoms with Crippen LogP contribution in [0.1, 0.15) is 99.3 Å². The Labute approximate surface area is 178 Å². The fourth-order valence-electron chi connectivity index (χ4n) is 5.28. The number of hydrogen-bond donors (Lipinski definition) is 1. The number of aliphatic carboxylic acids is 1. The van der Waals surface area contributed by atoms with Crippen molar-refractivity contribution in [2.24, 2.45) is 40.9 Å². The van der Waals surface area contributed by atoms with Crippen LogP contribution in [-0.2, 0) is 14.3 Å². The van der Waals surface area contributed by atoms with E-state index in [0.717, 1.165) is 38.0 Å². The second-order valence-electron chi connectivity index (χ2n) is 11.2. The van der Waals surface area contributed by atoms with Crippen molar-refractivity contribution in [2.45, 2.75) is 105 Å². The summed E-state index contributed by atoms with van der Waals surface area (Å²) in [5, 5.41) is 9.56. The van der Waals surface area contributed by atoms with Crippen LogP contribution in [-0.4, -0.2) is 23.1 Å². The molecule has 2 aliphatic rings. The molecule has 4 heteroatoms. The predicted octanol–water partition coefficient (Wildman–Crippen LogP) is 6.32. The van der Waals surface area contributed by atoms with Crippen LogP contribution in [0.5, 0.6) is 0 Å². The first-order valence-electron chi connectivity index (χ1n) is 11.9. The van der Waals surface area contributed by atoms with Gasteiger partial charge in [-0.25, -0.2) is 0 Å². The van der Waals surface area contributed by atoms with Gasteiger partial charge in [-0.1, -0.05) is 54.4 Å². The molecule has 2 rings (SSSR count). The van der Waals surface area contributed by atoms with Crippen LogP contribution in [0.2, 0.25) is 0 Å². The van der Waals surface area contributed by atoms with Crippen LogP contribution in [0.3, 0.4) is 0 Å². The molecule has 0 aromatic carbocycles. The van der Waals surface area contributed by atoms with Crippen molar-refractivity contribution in [1.82, 2.24) is 0 Å². The zero-order chi connectivity index (χ0) is 21.8. The Balaban J connectivity index is 2.08. The standard InChI is InChI=1S/C25H44O4/c1-16(2)17(3)15-22(18-11-13-19(14-12-18)25(4,5)6)29-24(28)21-10-8-7-9-20(21)23(26)27/h16-22H,7-15H2,1-6H3,(H,26,27). The maximum Gasteiger partial charge on any atom is 0.310 e. The fraction of sp³-hybridized carbons (Fsp3) is 0.920. The molecule has 0 saturated heterocycles. The van der Waals surface area contributed by atoms with Crippen LogP contribution in [0.4, 0.5) is 0 Å². The molecule has 4 atom stereocenters. The molecule has 0 aromatic rings. The van der Waals surface area contributed by atoms with Gasteiger partial charge in [-0.3, -0.25) is 9.59 Å². The maximum atomic E-state index is 13.1. The van der Waals surface area contributed by atoms with Crippen molar-refractivity contribution in [1.29, 1.82) is 0 Å². The summed E-state index contributed by atoms with van der Waals surface area (Å²) in [6, 6.07) is 0. The Morgan fingerprint density at radius 3 is 1.97 bits per heavy atom. The number of carbonyl (C=O) groups is 2. The van der Waals surface area contributed by atoms with Crippen LogP contribution in [0.15, 0.2) is 0 Å². The Kier molecular flexibility index (Phi) is 8.60. The van der Waals surface area contributed by atoms with Crippen LogP contribution < -0.4 is 0 Å². The zero-order valence-corrected chi connectivity index (χ0v) is 19.6. The number of carbonyl (C=O) groups excluding carboxylic acids is 1. The summed E-state index contributed by atoms with van der Waals surface area (Å²) in [6.45, 7) is 13.7. The van der Waals surface area contributed by atoms with Gasteiger partial charge in [-0.2, -0.15) is 0 Å². The lowest BCUT2D eigenvalue weighted by Gasteiger charge is -2.40. The summed E-state index contributed by atoms with van der Waals surface area (Å²) in [6.07, 6.45) is 8.49. The van der Waals surface area contributed by atoms with E-state index in [1.54, 1.807) is 0 Å². The summed E-state index contributed by atoms with van der Waals surface area (Å²) >= 11 is 0. The molecular formula is C25H44O4. The minimum atomic E-state index is -0.843. The fourth-order valence-corrected chi connectivity index (χ4v) is 5.28. The first-order chi connectivity index (χ1) is 13.5. The summed E-state index contributed by atoms with van der Waals surface area (Å²) in [5.74, 6) is 0.0248. The molecule has 0 spiro atoms. The van der Waals surface area contributed by atoms with Gasteiger partial charge in [-0.15, -0.1) is 0 Å². The molecule has 0 aromatic heterocycles. The van der Waals surface area contributed by atoms with E-state index in [1.165, 1.54) is 12.8 Å². The van der Waals surface area contributed by atoms with Crippen molar-refractivity contribution in [2.75, 3.05) is 0 Å². The first kappa shape index (κ1) is 24.2. The smallest absolute Gasteiger partial charge is 0.310 e. The largest absolute Gasteiger partial charge is 0.481 e. The highest BCUT2D eigenvalue weighted by molar-refractivity contribution is 5.81. The molecule has 2 saturated carbocycles. The highest BCUT2D eigenvalue weighted by atomic mass is 16.5. The number of esters is 1. The summed E-state index contributed by atoms with van der Waals surface area (Å²) in [7, 11) is 0. The summed E-state index contributed by atoms with van der Waals surface area (Å²) in [5.41, 5.74) is 0.333. The SMILES string of the molecule is CC(C)C(C)CC(OC(=O)C1CCCCC1C(=O)O)C1CCC(C(C)(C)C)CC1. The number of hydrogen-bond acceptors (Lipinski definition) is 3. The third kappa shape index (κ3) is 6.72. The van der Waals surface area contributed by atoms with Crippen LogP contribution >= 0.6 is 0 Å². The van der Waals surface area contributed by atoms with Crippen LogP contribution in [0.25, 0.3) is 0 Å². The Hall–Kier alpha value is -1.06. The van der Waals surface area contributed by atoms with E-state index >= 15 is 0 Å². The number of carboxylic acids is 1. The van der Waals surface area contributed by atoms with Gasteiger partial charge in [0.1, 0.15) is 6.10 Å². The number of carboxylic acid groups (broad SMARTS) is 1. The average Bonchev–Trinajstić information content (AvgIpc) is 2.66. The molecule has 1 N–H and O–H groups in total. The second kappa shape index (κ2) is 10.3. The molecule has 0 aliphatic heterocycles. The van der Waals surface area contributed by atoms with Crippen molar-refractivity contribution in [3.05, 3.63) is 0 Å². The molecule has 0 amide bonds. The molecular weight excluding hydrogens is 364 g/mol. The van der Waals surface area contributed by atoms with Crippen molar-refractivity contribution in [3.8, 4) is 0 Å². The van der Waals surface area contributed by atoms with E-state index in [1.807, 2.05) is 0 Å². The Bertz CT molecular complexity index is 540. The highest BCUT2D eigenvalue weighted by Gasteiger charge is 2.40.